The van der Waals surface area contributed by atoms with Crippen LogP contribution in [0.1, 0.15) is 44.7 Å². The summed E-state index contributed by atoms with van der Waals surface area (Å²) in [6.07, 6.45) is 6.68. The van der Waals surface area contributed by atoms with E-state index in [0.29, 0.717) is 0 Å². The summed E-state index contributed by atoms with van der Waals surface area (Å²) in [5, 5.41) is 7.35. The summed E-state index contributed by atoms with van der Waals surface area (Å²) < 4.78 is 1.87. The van der Waals surface area contributed by atoms with Gasteiger partial charge in [0.05, 0.1) is 6.54 Å². The van der Waals surface area contributed by atoms with Crippen molar-refractivity contribution in [3.05, 3.63) is 48.5 Å². The van der Waals surface area contributed by atoms with Crippen molar-refractivity contribution < 1.29 is 4.79 Å². The highest BCUT2D eigenvalue weighted by molar-refractivity contribution is 5.83. The van der Waals surface area contributed by atoms with Crippen molar-refractivity contribution in [3.8, 4) is 0 Å². The van der Waals surface area contributed by atoms with E-state index in [1.807, 2.05) is 48.9 Å². The predicted octanol–water partition coefficient (Wildman–Crippen LogP) is 2.40. The van der Waals surface area contributed by atoms with Gasteiger partial charge in [-0.1, -0.05) is 36.8 Å². The molecule has 2 heterocycles. The van der Waals surface area contributed by atoms with Crippen LogP contribution in [0.15, 0.2) is 43.0 Å². The summed E-state index contributed by atoms with van der Waals surface area (Å²) in [5.74, 6) is 0.0756. The minimum absolute atomic E-state index is 0.0756. The Labute approximate surface area is 149 Å². The van der Waals surface area contributed by atoms with Crippen LogP contribution < -0.4 is 5.32 Å². The second-order valence-electron chi connectivity index (χ2n) is 6.98. The number of nitrogens with zero attached hydrogens (tertiary/aromatic N) is 4. The van der Waals surface area contributed by atoms with Crippen LogP contribution in [0.5, 0.6) is 0 Å². The minimum atomic E-state index is -0.266. The van der Waals surface area contributed by atoms with Gasteiger partial charge in [-0.25, -0.2) is 4.98 Å². The molecule has 1 aromatic carbocycles. The molecule has 134 valence electrons. The SMILES string of the molecule is CC(C)NC(=O)[C@@H](c1ccccc1)N1CCCC[C@H]1Cn1cncn1. The number of aromatic nitrogens is 3. The molecule has 2 aromatic rings. The number of hydrogen-bond acceptors (Lipinski definition) is 4. The molecule has 0 radical (unpaired) electrons. The van der Waals surface area contributed by atoms with Crippen molar-refractivity contribution in [1.29, 1.82) is 0 Å². The highest BCUT2D eigenvalue weighted by atomic mass is 16.2. The molecule has 6 heteroatoms. The van der Waals surface area contributed by atoms with Crippen molar-refractivity contribution in [2.45, 2.75) is 57.8 Å². The summed E-state index contributed by atoms with van der Waals surface area (Å²) in [4.78, 5) is 19.4. The Morgan fingerprint density at radius 2 is 2.08 bits per heavy atom. The van der Waals surface area contributed by atoms with Crippen LogP contribution in [-0.2, 0) is 11.3 Å². The first-order valence-corrected chi connectivity index (χ1v) is 9.08. The molecule has 3 rings (SSSR count). The lowest BCUT2D eigenvalue weighted by atomic mass is 9.95. The Bertz CT molecular complexity index is 656. The predicted molar refractivity (Wildman–Crippen MR) is 96.8 cm³/mol. The van der Waals surface area contributed by atoms with E-state index in [9.17, 15) is 4.79 Å². The first-order chi connectivity index (χ1) is 12.1. The van der Waals surface area contributed by atoms with Gasteiger partial charge in [0.15, 0.2) is 0 Å². The maximum absolute atomic E-state index is 13.0. The maximum Gasteiger partial charge on any atom is 0.242 e. The van der Waals surface area contributed by atoms with Crippen LogP contribution in [0, 0.1) is 0 Å². The first-order valence-electron chi connectivity index (χ1n) is 9.08. The minimum Gasteiger partial charge on any atom is -0.352 e. The molecule has 1 N–H and O–H groups in total. The summed E-state index contributed by atoms with van der Waals surface area (Å²) >= 11 is 0. The van der Waals surface area contributed by atoms with Crippen LogP contribution in [0.3, 0.4) is 0 Å². The molecular formula is C19H27N5O. The Morgan fingerprint density at radius 3 is 2.76 bits per heavy atom. The third kappa shape index (κ3) is 4.45. The van der Waals surface area contributed by atoms with E-state index in [1.165, 1.54) is 6.42 Å². The van der Waals surface area contributed by atoms with E-state index in [4.69, 9.17) is 0 Å². The first kappa shape index (κ1) is 17.6. The zero-order chi connectivity index (χ0) is 17.6. The van der Waals surface area contributed by atoms with Gasteiger partial charge in [-0.05, 0) is 38.8 Å². The van der Waals surface area contributed by atoms with Crippen LogP contribution in [0.25, 0.3) is 0 Å². The van der Waals surface area contributed by atoms with Gasteiger partial charge in [0.2, 0.25) is 5.91 Å². The average molecular weight is 341 g/mol. The highest BCUT2D eigenvalue weighted by Gasteiger charge is 2.34. The van der Waals surface area contributed by atoms with E-state index in [1.54, 1.807) is 12.7 Å². The van der Waals surface area contributed by atoms with Gasteiger partial charge >= 0.3 is 0 Å². The monoisotopic (exact) mass is 341 g/mol. The maximum atomic E-state index is 13.0. The summed E-state index contributed by atoms with van der Waals surface area (Å²) in [7, 11) is 0. The van der Waals surface area contributed by atoms with Crippen molar-refractivity contribution in [3.63, 3.8) is 0 Å². The molecule has 2 atom stereocenters. The van der Waals surface area contributed by atoms with Gasteiger partial charge in [-0.3, -0.25) is 14.4 Å². The Morgan fingerprint density at radius 1 is 1.28 bits per heavy atom. The molecule has 0 unspecified atom stereocenters. The second kappa shape index (κ2) is 8.25. The zero-order valence-corrected chi connectivity index (χ0v) is 15.0. The van der Waals surface area contributed by atoms with Crippen molar-refractivity contribution in [2.75, 3.05) is 6.54 Å². The molecular weight excluding hydrogens is 314 g/mol. The van der Waals surface area contributed by atoms with Crippen LogP contribution >= 0.6 is 0 Å². The van der Waals surface area contributed by atoms with Crippen LogP contribution in [0.4, 0.5) is 0 Å². The molecule has 1 aliphatic rings. The fourth-order valence-electron chi connectivity index (χ4n) is 3.59. The molecule has 6 nitrogen and oxygen atoms in total. The van der Waals surface area contributed by atoms with Gasteiger partial charge in [0.1, 0.15) is 18.7 Å². The quantitative estimate of drug-likeness (QED) is 0.876. The Hall–Kier alpha value is -2.21. The molecule has 1 aliphatic heterocycles. The Kier molecular flexibility index (Phi) is 5.81. The normalized spacial score (nSPS) is 19.7. The number of carbonyl (C=O) groups excluding carboxylic acids is 1. The molecule has 0 saturated carbocycles. The fraction of sp³-hybridized carbons (Fsp3) is 0.526. The number of benzene rings is 1. The topological polar surface area (TPSA) is 63.1 Å². The third-order valence-electron chi connectivity index (χ3n) is 4.66. The molecule has 1 fully saturated rings. The molecule has 0 aliphatic carbocycles. The number of hydrogen-bond donors (Lipinski definition) is 1. The number of amides is 1. The number of rotatable bonds is 6. The standard InChI is InChI=1S/C19H27N5O/c1-15(2)22-19(25)18(16-8-4-3-5-9-16)24-11-7-6-10-17(24)12-23-14-20-13-21-23/h3-5,8-9,13-15,17-18H,6-7,10-12H2,1-2H3,(H,22,25)/t17-,18+/m0/s1. The third-order valence-corrected chi connectivity index (χ3v) is 4.66. The van der Waals surface area contributed by atoms with E-state index >= 15 is 0 Å². The molecule has 1 saturated heterocycles. The largest absolute Gasteiger partial charge is 0.352 e. The summed E-state index contributed by atoms with van der Waals surface area (Å²) in [5.41, 5.74) is 1.05. The fourth-order valence-corrected chi connectivity index (χ4v) is 3.59. The number of piperidine rings is 1. The highest BCUT2D eigenvalue weighted by Crippen LogP contribution is 2.30. The van der Waals surface area contributed by atoms with Crippen LogP contribution in [0.2, 0.25) is 0 Å². The lowest BCUT2D eigenvalue weighted by Gasteiger charge is -2.40. The molecule has 0 bridgehead atoms. The summed E-state index contributed by atoms with van der Waals surface area (Å²) in [6.45, 7) is 5.69. The van der Waals surface area contributed by atoms with Crippen molar-refractivity contribution in [1.82, 2.24) is 25.0 Å². The van der Waals surface area contributed by atoms with Crippen molar-refractivity contribution in [2.24, 2.45) is 0 Å². The molecule has 0 spiro atoms. The van der Waals surface area contributed by atoms with E-state index in [-0.39, 0.29) is 24.0 Å². The van der Waals surface area contributed by atoms with Gasteiger partial charge < -0.3 is 5.32 Å². The van der Waals surface area contributed by atoms with Gasteiger partial charge in [-0.15, -0.1) is 0 Å². The second-order valence-corrected chi connectivity index (χ2v) is 6.98. The Balaban J connectivity index is 1.87. The van der Waals surface area contributed by atoms with Gasteiger partial charge in [-0.2, -0.15) is 5.10 Å². The number of nitrogens with one attached hydrogen (secondary N) is 1. The number of likely N-dealkylation sites (tertiary alicyclic amines) is 1. The lowest BCUT2D eigenvalue weighted by molar-refractivity contribution is -0.129. The molecule has 25 heavy (non-hydrogen) atoms. The van der Waals surface area contributed by atoms with E-state index in [2.05, 4.69) is 20.3 Å². The molecule has 1 aromatic heterocycles. The zero-order valence-electron chi connectivity index (χ0n) is 15.0. The van der Waals surface area contributed by atoms with Gasteiger partial charge in [0, 0.05) is 12.1 Å². The van der Waals surface area contributed by atoms with Crippen molar-refractivity contribution >= 4 is 5.91 Å². The van der Waals surface area contributed by atoms with E-state index in [0.717, 1.165) is 31.5 Å². The summed E-state index contributed by atoms with van der Waals surface area (Å²) in [6, 6.07) is 10.2. The van der Waals surface area contributed by atoms with Gasteiger partial charge in [0.25, 0.3) is 0 Å². The lowest BCUT2D eigenvalue weighted by Crippen LogP contribution is -2.50. The van der Waals surface area contributed by atoms with Crippen LogP contribution in [-0.4, -0.2) is 44.2 Å². The van der Waals surface area contributed by atoms with E-state index < -0.39 is 0 Å². The molecule has 1 amide bonds. The smallest absolute Gasteiger partial charge is 0.242 e. The number of carbonyl (C=O) groups is 1. The average Bonchev–Trinajstić information content (AvgIpc) is 3.10.